The van der Waals surface area contributed by atoms with Crippen molar-refractivity contribution in [3.05, 3.63) is 81.5 Å². The van der Waals surface area contributed by atoms with Gasteiger partial charge in [-0.15, -0.1) is 11.3 Å². The first-order valence-electron chi connectivity index (χ1n) is 10.5. The molecular formula is C24H22F3N3O2S. The van der Waals surface area contributed by atoms with Crippen LogP contribution >= 0.6 is 11.3 Å². The molecule has 33 heavy (non-hydrogen) atoms. The Labute approximate surface area is 193 Å². The van der Waals surface area contributed by atoms with Gasteiger partial charge in [-0.05, 0) is 61.1 Å². The van der Waals surface area contributed by atoms with E-state index < -0.39 is 11.7 Å². The van der Waals surface area contributed by atoms with E-state index in [1.54, 1.807) is 25.4 Å². The van der Waals surface area contributed by atoms with Gasteiger partial charge in [0.05, 0.1) is 16.7 Å². The van der Waals surface area contributed by atoms with Gasteiger partial charge >= 0.3 is 6.18 Å². The van der Waals surface area contributed by atoms with Gasteiger partial charge in [0.1, 0.15) is 5.00 Å². The van der Waals surface area contributed by atoms with E-state index in [9.17, 15) is 22.8 Å². The average molecular weight is 474 g/mol. The zero-order valence-corrected chi connectivity index (χ0v) is 18.7. The van der Waals surface area contributed by atoms with Crippen LogP contribution in [0.3, 0.4) is 0 Å². The van der Waals surface area contributed by atoms with Gasteiger partial charge in [0, 0.05) is 30.9 Å². The van der Waals surface area contributed by atoms with E-state index in [1.807, 2.05) is 0 Å². The van der Waals surface area contributed by atoms with Crippen LogP contribution in [0.15, 0.2) is 48.8 Å². The highest BCUT2D eigenvalue weighted by atomic mass is 32.1. The Morgan fingerprint density at radius 1 is 1.12 bits per heavy atom. The molecule has 1 aliphatic rings. The number of aryl methyl sites for hydroxylation is 1. The number of rotatable bonds is 5. The Bertz CT molecular complexity index is 1160. The fourth-order valence-corrected chi connectivity index (χ4v) is 5.16. The SMILES string of the molecule is CN(Cc1ccc(C(F)(F)F)cc1)C(=O)c1c(NC(=O)c2cccnc2)sc2c1CCCC2. The number of thiophene rings is 1. The molecule has 0 saturated heterocycles. The van der Waals surface area contributed by atoms with Crippen molar-refractivity contribution in [1.82, 2.24) is 9.88 Å². The van der Waals surface area contributed by atoms with Crippen LogP contribution in [0.25, 0.3) is 0 Å². The van der Waals surface area contributed by atoms with Crippen molar-refractivity contribution in [1.29, 1.82) is 0 Å². The number of carbonyl (C=O) groups is 2. The van der Waals surface area contributed by atoms with Crippen LogP contribution in [0.2, 0.25) is 0 Å². The van der Waals surface area contributed by atoms with Crippen molar-refractivity contribution < 1.29 is 22.8 Å². The summed E-state index contributed by atoms with van der Waals surface area (Å²) in [4.78, 5) is 32.7. The lowest BCUT2D eigenvalue weighted by Crippen LogP contribution is -2.28. The summed E-state index contributed by atoms with van der Waals surface area (Å²) in [6.07, 6.45) is 2.22. The number of nitrogens with zero attached hydrogens (tertiary/aromatic N) is 2. The third-order valence-electron chi connectivity index (χ3n) is 5.58. The molecule has 0 radical (unpaired) electrons. The van der Waals surface area contributed by atoms with E-state index in [1.165, 1.54) is 34.6 Å². The van der Waals surface area contributed by atoms with Gasteiger partial charge in [-0.25, -0.2) is 0 Å². The summed E-state index contributed by atoms with van der Waals surface area (Å²) in [5.74, 6) is -0.614. The molecule has 1 N–H and O–H groups in total. The summed E-state index contributed by atoms with van der Waals surface area (Å²) in [5.41, 5.74) is 1.68. The van der Waals surface area contributed by atoms with Gasteiger partial charge in [-0.1, -0.05) is 12.1 Å². The van der Waals surface area contributed by atoms with Crippen LogP contribution < -0.4 is 5.32 Å². The van der Waals surface area contributed by atoms with Crippen LogP contribution in [0.1, 0.15) is 55.1 Å². The predicted molar refractivity (Wildman–Crippen MR) is 120 cm³/mol. The van der Waals surface area contributed by atoms with Gasteiger partial charge < -0.3 is 10.2 Å². The Kier molecular flexibility index (Phi) is 6.51. The molecule has 9 heteroatoms. The predicted octanol–water partition coefficient (Wildman–Crippen LogP) is 5.57. The maximum Gasteiger partial charge on any atom is 0.416 e. The zero-order valence-electron chi connectivity index (χ0n) is 17.9. The van der Waals surface area contributed by atoms with Gasteiger partial charge in [0.2, 0.25) is 0 Å². The second-order valence-electron chi connectivity index (χ2n) is 7.97. The van der Waals surface area contributed by atoms with Crippen molar-refractivity contribution >= 4 is 28.2 Å². The van der Waals surface area contributed by atoms with Crippen LogP contribution in [-0.2, 0) is 25.6 Å². The van der Waals surface area contributed by atoms with E-state index in [0.717, 1.165) is 48.3 Å². The Morgan fingerprint density at radius 3 is 2.52 bits per heavy atom. The largest absolute Gasteiger partial charge is 0.416 e. The monoisotopic (exact) mass is 473 g/mol. The molecule has 0 bridgehead atoms. The van der Waals surface area contributed by atoms with Crippen molar-refractivity contribution in [2.75, 3.05) is 12.4 Å². The highest BCUT2D eigenvalue weighted by molar-refractivity contribution is 7.17. The van der Waals surface area contributed by atoms with Crippen molar-refractivity contribution in [3.63, 3.8) is 0 Å². The third kappa shape index (κ3) is 5.08. The second kappa shape index (κ2) is 9.35. The Balaban J connectivity index is 1.58. The van der Waals surface area contributed by atoms with Crippen LogP contribution in [0, 0.1) is 0 Å². The lowest BCUT2D eigenvalue weighted by molar-refractivity contribution is -0.137. The first kappa shape index (κ1) is 23.0. The number of amides is 2. The number of hydrogen-bond donors (Lipinski definition) is 1. The molecule has 0 fully saturated rings. The van der Waals surface area contributed by atoms with E-state index in [2.05, 4.69) is 10.3 Å². The molecule has 2 aromatic heterocycles. The van der Waals surface area contributed by atoms with E-state index in [4.69, 9.17) is 0 Å². The standard InChI is InChI=1S/C24H22F3N3O2S/c1-30(14-15-8-10-17(11-9-15)24(25,26)27)23(32)20-18-6-2-3-7-19(18)33-22(20)29-21(31)16-5-4-12-28-13-16/h4-5,8-13H,2-3,6-7,14H2,1H3,(H,29,31). The number of carbonyl (C=O) groups excluding carboxylic acids is 2. The molecule has 2 amide bonds. The third-order valence-corrected chi connectivity index (χ3v) is 6.79. The minimum absolute atomic E-state index is 0.150. The van der Waals surface area contributed by atoms with Gasteiger partial charge in [0.15, 0.2) is 0 Å². The summed E-state index contributed by atoms with van der Waals surface area (Å²) < 4.78 is 38.5. The fourth-order valence-electron chi connectivity index (χ4n) is 3.89. The molecule has 0 atom stereocenters. The first-order valence-corrected chi connectivity index (χ1v) is 11.3. The molecule has 0 saturated carbocycles. The number of alkyl halides is 3. The summed E-state index contributed by atoms with van der Waals surface area (Å²) in [5, 5.41) is 3.37. The number of anilines is 1. The number of fused-ring (bicyclic) bond motifs is 1. The maximum atomic E-state index is 13.4. The Morgan fingerprint density at radius 2 is 1.85 bits per heavy atom. The van der Waals surface area contributed by atoms with Gasteiger partial charge in [-0.2, -0.15) is 13.2 Å². The number of benzene rings is 1. The number of hydrogen-bond acceptors (Lipinski definition) is 4. The molecule has 0 aliphatic heterocycles. The van der Waals surface area contributed by atoms with Crippen molar-refractivity contribution in [2.45, 2.75) is 38.4 Å². The average Bonchev–Trinajstić information content (AvgIpc) is 3.16. The zero-order chi connectivity index (χ0) is 23.6. The second-order valence-corrected chi connectivity index (χ2v) is 9.07. The van der Waals surface area contributed by atoms with Crippen molar-refractivity contribution in [2.24, 2.45) is 0 Å². The van der Waals surface area contributed by atoms with E-state index >= 15 is 0 Å². The first-order chi connectivity index (χ1) is 15.7. The quantitative estimate of drug-likeness (QED) is 0.527. The van der Waals surface area contributed by atoms with Crippen LogP contribution in [0.4, 0.5) is 18.2 Å². The van der Waals surface area contributed by atoms with Gasteiger partial charge in [-0.3, -0.25) is 14.6 Å². The minimum atomic E-state index is -4.41. The van der Waals surface area contributed by atoms with Crippen LogP contribution in [-0.4, -0.2) is 28.7 Å². The highest BCUT2D eigenvalue weighted by Crippen LogP contribution is 2.39. The molecule has 1 aliphatic carbocycles. The summed E-state index contributed by atoms with van der Waals surface area (Å²) in [6.45, 7) is 0.150. The number of aromatic nitrogens is 1. The highest BCUT2D eigenvalue weighted by Gasteiger charge is 2.31. The molecular weight excluding hydrogens is 451 g/mol. The van der Waals surface area contributed by atoms with E-state index in [-0.39, 0.29) is 18.4 Å². The lowest BCUT2D eigenvalue weighted by Gasteiger charge is -2.20. The van der Waals surface area contributed by atoms with Gasteiger partial charge in [0.25, 0.3) is 11.8 Å². The Hall–Kier alpha value is -3.20. The van der Waals surface area contributed by atoms with Crippen molar-refractivity contribution in [3.8, 4) is 0 Å². The van der Waals surface area contributed by atoms with Crippen LogP contribution in [0.5, 0.6) is 0 Å². The number of pyridine rings is 1. The molecule has 0 spiro atoms. The maximum absolute atomic E-state index is 13.4. The molecule has 172 valence electrons. The molecule has 4 rings (SSSR count). The topological polar surface area (TPSA) is 62.3 Å². The minimum Gasteiger partial charge on any atom is -0.337 e. The fraction of sp³-hybridized carbons (Fsp3) is 0.292. The van der Waals surface area contributed by atoms with E-state index in [0.29, 0.717) is 21.7 Å². The molecule has 0 unspecified atom stereocenters. The number of nitrogens with one attached hydrogen (secondary N) is 1. The lowest BCUT2D eigenvalue weighted by atomic mass is 9.95. The molecule has 5 nitrogen and oxygen atoms in total. The molecule has 1 aromatic carbocycles. The normalized spacial score (nSPS) is 13.3. The smallest absolute Gasteiger partial charge is 0.337 e. The molecule has 3 aromatic rings. The summed E-state index contributed by atoms with van der Waals surface area (Å²) in [7, 11) is 1.61. The molecule has 2 heterocycles. The summed E-state index contributed by atoms with van der Waals surface area (Å²) >= 11 is 1.42. The number of halogens is 3. The summed E-state index contributed by atoms with van der Waals surface area (Å²) in [6, 6.07) is 8.09.